The summed E-state index contributed by atoms with van der Waals surface area (Å²) in [6.07, 6.45) is 4.83. The Kier molecular flexibility index (Phi) is 4.82. The van der Waals surface area contributed by atoms with E-state index in [1.165, 1.54) is 0 Å². The lowest BCUT2D eigenvalue weighted by Gasteiger charge is -2.46. The molecule has 0 bridgehead atoms. The van der Waals surface area contributed by atoms with Crippen molar-refractivity contribution in [3.8, 4) is 11.5 Å². The molecule has 1 aliphatic carbocycles. The van der Waals surface area contributed by atoms with Crippen molar-refractivity contribution < 1.29 is 18.5 Å². The van der Waals surface area contributed by atoms with E-state index in [0.29, 0.717) is 24.6 Å². The van der Waals surface area contributed by atoms with Crippen molar-refractivity contribution >= 4 is 16.7 Å². The van der Waals surface area contributed by atoms with Gasteiger partial charge >= 0.3 is 0 Å². The highest BCUT2D eigenvalue weighted by Gasteiger charge is 2.54. The molecule has 0 aromatic heterocycles. The molecular weight excluding hydrogens is 386 g/mol. The number of benzene rings is 2. The van der Waals surface area contributed by atoms with E-state index >= 15 is 0 Å². The fourth-order valence-electron chi connectivity index (χ4n) is 5.29. The molecule has 2 fully saturated rings. The quantitative estimate of drug-likeness (QED) is 0.750. The largest absolute Gasteiger partial charge is 0.454 e. The fourth-order valence-corrected chi connectivity index (χ4v) is 6.33. The molecule has 2 aromatic carbocycles. The standard InChI is InChI=1S/C23H25NO4S/c25-22-15-17-6-4-5-11-23(17,18-9-10-20-21(14-18)28-16-27-20)24(22)12-13-29(26)19-7-2-1-3-8-19/h1-3,7-10,14,17H,4-6,11-13,15-16H2/t17-,23-,29?/m0/s1. The molecule has 3 aliphatic rings. The van der Waals surface area contributed by atoms with Gasteiger partial charge in [0.15, 0.2) is 11.5 Å². The molecule has 5 rings (SSSR count). The molecule has 0 radical (unpaired) electrons. The predicted molar refractivity (Wildman–Crippen MR) is 110 cm³/mol. The Morgan fingerprint density at radius 1 is 1.07 bits per heavy atom. The van der Waals surface area contributed by atoms with E-state index in [1.807, 2.05) is 41.3 Å². The van der Waals surface area contributed by atoms with Gasteiger partial charge in [-0.1, -0.05) is 37.1 Å². The minimum atomic E-state index is -1.12. The number of nitrogens with zero attached hydrogens (tertiary/aromatic N) is 1. The van der Waals surface area contributed by atoms with Crippen LogP contribution in [-0.2, 0) is 21.1 Å². The van der Waals surface area contributed by atoms with Crippen LogP contribution in [0.1, 0.15) is 37.7 Å². The average Bonchev–Trinajstić information content (AvgIpc) is 3.34. The third-order valence-electron chi connectivity index (χ3n) is 6.62. The number of rotatable bonds is 5. The monoisotopic (exact) mass is 411 g/mol. The van der Waals surface area contributed by atoms with Gasteiger partial charge in [0.1, 0.15) is 0 Å². The summed E-state index contributed by atoms with van der Waals surface area (Å²) in [5, 5.41) is 0. The van der Waals surface area contributed by atoms with Crippen molar-refractivity contribution in [2.75, 3.05) is 19.1 Å². The predicted octanol–water partition coefficient (Wildman–Crippen LogP) is 3.84. The molecule has 1 saturated carbocycles. The Balaban J connectivity index is 1.46. The first kappa shape index (κ1) is 18.7. The van der Waals surface area contributed by atoms with Gasteiger partial charge in [-0.05, 0) is 48.6 Å². The third-order valence-corrected chi connectivity index (χ3v) is 7.97. The molecule has 29 heavy (non-hydrogen) atoms. The molecule has 6 heteroatoms. The second kappa shape index (κ2) is 7.48. The summed E-state index contributed by atoms with van der Waals surface area (Å²) in [5.41, 5.74) is 0.805. The summed E-state index contributed by atoms with van der Waals surface area (Å²) < 4.78 is 23.9. The Labute approximate surface area is 173 Å². The average molecular weight is 412 g/mol. The summed E-state index contributed by atoms with van der Waals surface area (Å²) in [6.45, 7) is 0.749. The van der Waals surface area contributed by atoms with Gasteiger partial charge in [0.25, 0.3) is 0 Å². The van der Waals surface area contributed by atoms with Crippen LogP contribution in [0.5, 0.6) is 11.5 Å². The highest BCUT2D eigenvalue weighted by atomic mass is 32.2. The normalized spacial score (nSPS) is 26.4. The van der Waals surface area contributed by atoms with E-state index in [4.69, 9.17) is 9.47 Å². The second-order valence-electron chi connectivity index (χ2n) is 8.05. The molecule has 2 heterocycles. The van der Waals surface area contributed by atoms with Crippen molar-refractivity contribution in [3.05, 3.63) is 54.1 Å². The molecule has 0 N–H and O–H groups in total. The molecule has 2 aliphatic heterocycles. The summed E-state index contributed by atoms with van der Waals surface area (Å²) in [4.78, 5) is 15.9. The number of hydrogen-bond acceptors (Lipinski definition) is 4. The van der Waals surface area contributed by atoms with Crippen LogP contribution in [0.15, 0.2) is 53.4 Å². The van der Waals surface area contributed by atoms with E-state index < -0.39 is 10.8 Å². The van der Waals surface area contributed by atoms with Crippen LogP contribution in [-0.4, -0.2) is 34.1 Å². The maximum atomic E-state index is 13.1. The van der Waals surface area contributed by atoms with E-state index in [2.05, 4.69) is 12.1 Å². The maximum absolute atomic E-state index is 13.1. The summed E-state index contributed by atoms with van der Waals surface area (Å²) in [5.74, 6) is 2.45. The lowest BCUT2D eigenvalue weighted by atomic mass is 9.69. The number of hydrogen-bond donors (Lipinski definition) is 0. The molecule has 152 valence electrons. The molecule has 3 atom stereocenters. The van der Waals surface area contributed by atoms with E-state index in [9.17, 15) is 9.00 Å². The van der Waals surface area contributed by atoms with Crippen molar-refractivity contribution in [3.63, 3.8) is 0 Å². The zero-order chi connectivity index (χ0) is 19.8. The third kappa shape index (κ3) is 3.14. The van der Waals surface area contributed by atoms with E-state index in [1.54, 1.807) is 0 Å². The van der Waals surface area contributed by atoms with Crippen LogP contribution in [0, 0.1) is 5.92 Å². The molecule has 1 unspecified atom stereocenters. The van der Waals surface area contributed by atoms with Gasteiger partial charge < -0.3 is 14.4 Å². The number of ether oxygens (including phenoxy) is 2. The van der Waals surface area contributed by atoms with E-state index in [-0.39, 0.29) is 18.2 Å². The van der Waals surface area contributed by atoms with Gasteiger partial charge in [-0.15, -0.1) is 0 Å². The van der Waals surface area contributed by atoms with Crippen LogP contribution in [0.3, 0.4) is 0 Å². The van der Waals surface area contributed by atoms with Crippen LogP contribution >= 0.6 is 0 Å². The minimum absolute atomic E-state index is 0.180. The van der Waals surface area contributed by atoms with Crippen molar-refractivity contribution in [2.45, 2.75) is 42.5 Å². The van der Waals surface area contributed by atoms with Crippen LogP contribution < -0.4 is 9.47 Å². The first-order valence-corrected chi connectivity index (χ1v) is 11.6. The molecule has 0 spiro atoms. The smallest absolute Gasteiger partial charge is 0.231 e. The number of carbonyl (C=O) groups is 1. The van der Waals surface area contributed by atoms with Gasteiger partial charge in [0, 0.05) is 23.6 Å². The van der Waals surface area contributed by atoms with Crippen LogP contribution in [0.2, 0.25) is 0 Å². The van der Waals surface area contributed by atoms with Gasteiger partial charge in [0.05, 0.1) is 16.3 Å². The Morgan fingerprint density at radius 3 is 2.76 bits per heavy atom. The zero-order valence-corrected chi connectivity index (χ0v) is 17.2. The number of likely N-dealkylation sites (tertiary alicyclic amines) is 1. The fraction of sp³-hybridized carbons (Fsp3) is 0.435. The van der Waals surface area contributed by atoms with E-state index in [0.717, 1.165) is 47.6 Å². The van der Waals surface area contributed by atoms with Gasteiger partial charge in [-0.3, -0.25) is 9.00 Å². The van der Waals surface area contributed by atoms with Gasteiger partial charge in [-0.25, -0.2) is 0 Å². The summed E-state index contributed by atoms with van der Waals surface area (Å²) in [6, 6.07) is 15.6. The topological polar surface area (TPSA) is 55.8 Å². The summed E-state index contributed by atoms with van der Waals surface area (Å²) >= 11 is 0. The Morgan fingerprint density at radius 2 is 1.90 bits per heavy atom. The van der Waals surface area contributed by atoms with Gasteiger partial charge in [0.2, 0.25) is 12.7 Å². The second-order valence-corrected chi connectivity index (χ2v) is 9.62. The lowest BCUT2D eigenvalue weighted by molar-refractivity contribution is -0.131. The Hall–Kier alpha value is -2.34. The molecule has 1 amide bonds. The number of amides is 1. The van der Waals surface area contributed by atoms with Crippen LogP contribution in [0.25, 0.3) is 0 Å². The zero-order valence-electron chi connectivity index (χ0n) is 16.3. The highest BCUT2D eigenvalue weighted by molar-refractivity contribution is 7.85. The Bertz CT molecular complexity index is 947. The first-order valence-electron chi connectivity index (χ1n) is 10.3. The first-order chi connectivity index (χ1) is 14.2. The summed E-state index contributed by atoms with van der Waals surface area (Å²) in [7, 11) is -1.12. The van der Waals surface area contributed by atoms with Crippen molar-refractivity contribution in [1.29, 1.82) is 0 Å². The van der Waals surface area contributed by atoms with Crippen LogP contribution in [0.4, 0.5) is 0 Å². The number of carbonyl (C=O) groups excluding carboxylic acids is 1. The maximum Gasteiger partial charge on any atom is 0.231 e. The van der Waals surface area contributed by atoms with Crippen molar-refractivity contribution in [2.24, 2.45) is 5.92 Å². The molecular formula is C23H25NO4S. The molecule has 5 nitrogen and oxygen atoms in total. The molecule has 1 saturated heterocycles. The SMILES string of the molecule is O=C1C[C@@H]2CCCC[C@]2(c2ccc3c(c2)OCO3)N1CCS(=O)c1ccccc1. The minimum Gasteiger partial charge on any atom is -0.454 e. The highest BCUT2D eigenvalue weighted by Crippen LogP contribution is 2.53. The van der Waals surface area contributed by atoms with Gasteiger partial charge in [-0.2, -0.15) is 0 Å². The lowest BCUT2D eigenvalue weighted by Crippen LogP contribution is -2.49. The van der Waals surface area contributed by atoms with Crippen molar-refractivity contribution in [1.82, 2.24) is 4.90 Å². The number of fused-ring (bicyclic) bond motifs is 2. The molecule has 2 aromatic rings.